The molecule has 0 aliphatic rings. The zero-order valence-corrected chi connectivity index (χ0v) is 16.6. The molecule has 0 spiro atoms. The van der Waals surface area contributed by atoms with Crippen molar-refractivity contribution in [3.8, 4) is 5.75 Å². The average Bonchev–Trinajstić information content (AvgIpc) is 2.87. The largest absolute Gasteiger partial charge is 0.494 e. The quantitative estimate of drug-likeness (QED) is 0.654. The van der Waals surface area contributed by atoms with Crippen molar-refractivity contribution in [1.29, 1.82) is 5.41 Å². The highest BCUT2D eigenvalue weighted by atomic mass is 32.1. The molecule has 0 fully saturated rings. The maximum atomic E-state index is 11.6. The van der Waals surface area contributed by atoms with E-state index < -0.39 is 17.6 Å². The first-order chi connectivity index (χ1) is 12.6. The second kappa shape index (κ2) is 8.26. The molecule has 0 aliphatic carbocycles. The van der Waals surface area contributed by atoms with Crippen molar-refractivity contribution in [1.82, 2.24) is 9.88 Å². The van der Waals surface area contributed by atoms with Crippen molar-refractivity contribution in [2.24, 2.45) is 5.73 Å². The smallest absolute Gasteiger partial charge is 0.407 e. The Balaban J connectivity index is 2.13. The molecule has 0 atom stereocenters. The zero-order valence-electron chi connectivity index (χ0n) is 15.8. The van der Waals surface area contributed by atoms with E-state index >= 15 is 0 Å². The molecule has 1 heterocycles. The molecular weight excluding hydrogens is 368 g/mol. The number of methoxy groups -OCH3 is 1. The third-order valence-electron chi connectivity index (χ3n) is 3.48. The number of amides is 2. The Kier molecular flexibility index (Phi) is 6.27. The fourth-order valence-corrected chi connectivity index (χ4v) is 3.36. The SMILES string of the molecule is COc1cc(C(N)=O)cc2sc(=N)n(C/C=C/CNC(=O)OC(C)(C)C)c12. The van der Waals surface area contributed by atoms with Crippen LogP contribution in [0.3, 0.4) is 0 Å². The predicted molar refractivity (Wildman–Crippen MR) is 104 cm³/mol. The van der Waals surface area contributed by atoms with Crippen molar-refractivity contribution in [2.45, 2.75) is 32.9 Å². The highest BCUT2D eigenvalue weighted by Crippen LogP contribution is 2.29. The number of hydrogen-bond donors (Lipinski definition) is 3. The van der Waals surface area contributed by atoms with Gasteiger partial charge in [-0.05, 0) is 32.9 Å². The number of carbonyl (C=O) groups is 2. The second-order valence-corrected chi connectivity index (χ2v) is 7.79. The summed E-state index contributed by atoms with van der Waals surface area (Å²) < 4.78 is 13.0. The van der Waals surface area contributed by atoms with E-state index in [-0.39, 0.29) is 0 Å². The van der Waals surface area contributed by atoms with Gasteiger partial charge in [-0.3, -0.25) is 10.2 Å². The van der Waals surface area contributed by atoms with E-state index in [1.165, 1.54) is 18.4 Å². The first kappa shape index (κ1) is 20.5. The molecule has 0 unspecified atom stereocenters. The molecule has 1 aromatic carbocycles. The number of fused-ring (bicyclic) bond motifs is 1. The summed E-state index contributed by atoms with van der Waals surface area (Å²) in [6, 6.07) is 3.23. The van der Waals surface area contributed by atoms with Gasteiger partial charge < -0.3 is 25.1 Å². The monoisotopic (exact) mass is 392 g/mol. The molecule has 0 saturated heterocycles. The fraction of sp³-hybridized carbons (Fsp3) is 0.389. The third kappa shape index (κ3) is 5.33. The van der Waals surface area contributed by atoms with E-state index in [9.17, 15) is 9.59 Å². The Morgan fingerprint density at radius 3 is 2.63 bits per heavy atom. The van der Waals surface area contributed by atoms with Gasteiger partial charge in [0.15, 0.2) is 4.80 Å². The molecule has 27 heavy (non-hydrogen) atoms. The Morgan fingerprint density at radius 1 is 1.33 bits per heavy atom. The zero-order chi connectivity index (χ0) is 20.2. The normalized spacial score (nSPS) is 11.7. The molecule has 4 N–H and O–H groups in total. The maximum absolute atomic E-state index is 11.6. The lowest BCUT2D eigenvalue weighted by Crippen LogP contribution is -2.32. The van der Waals surface area contributed by atoms with E-state index in [4.69, 9.17) is 20.6 Å². The number of nitrogens with two attached hydrogens (primary N) is 1. The predicted octanol–water partition coefficient (Wildman–Crippen LogP) is 2.37. The Bertz CT molecular complexity index is 937. The van der Waals surface area contributed by atoms with E-state index in [1.807, 2.05) is 6.08 Å². The summed E-state index contributed by atoms with van der Waals surface area (Å²) in [5, 5.41) is 10.8. The van der Waals surface area contributed by atoms with Crippen LogP contribution in [-0.2, 0) is 11.3 Å². The molecule has 8 nitrogen and oxygen atoms in total. The first-order valence-electron chi connectivity index (χ1n) is 8.30. The summed E-state index contributed by atoms with van der Waals surface area (Å²) in [5.74, 6) is -0.0638. The van der Waals surface area contributed by atoms with Crippen molar-refractivity contribution < 1.29 is 19.1 Å². The van der Waals surface area contributed by atoms with Gasteiger partial charge in [0, 0.05) is 18.7 Å². The maximum Gasteiger partial charge on any atom is 0.407 e. The van der Waals surface area contributed by atoms with Gasteiger partial charge in [-0.25, -0.2) is 4.79 Å². The van der Waals surface area contributed by atoms with Gasteiger partial charge in [-0.1, -0.05) is 23.5 Å². The number of hydrogen-bond acceptors (Lipinski definition) is 6. The van der Waals surface area contributed by atoms with Crippen LogP contribution in [0.5, 0.6) is 5.75 Å². The molecule has 2 amide bonds. The van der Waals surface area contributed by atoms with Crippen LogP contribution in [0.15, 0.2) is 24.3 Å². The highest BCUT2D eigenvalue weighted by molar-refractivity contribution is 7.16. The Hall–Kier alpha value is -2.81. The fourth-order valence-electron chi connectivity index (χ4n) is 2.38. The van der Waals surface area contributed by atoms with Crippen LogP contribution < -0.4 is 20.6 Å². The summed E-state index contributed by atoms with van der Waals surface area (Å²) in [4.78, 5) is 23.4. The summed E-state index contributed by atoms with van der Waals surface area (Å²) in [6.45, 7) is 6.13. The summed E-state index contributed by atoms with van der Waals surface area (Å²) >= 11 is 1.23. The van der Waals surface area contributed by atoms with Crippen LogP contribution in [-0.4, -0.2) is 35.8 Å². The number of allylic oxidation sites excluding steroid dienone is 1. The topological polar surface area (TPSA) is 119 Å². The van der Waals surface area contributed by atoms with E-state index in [0.29, 0.717) is 29.2 Å². The van der Waals surface area contributed by atoms with Gasteiger partial charge in [0.05, 0.1) is 11.8 Å². The number of nitrogens with zero attached hydrogens (tertiary/aromatic N) is 1. The number of carbonyl (C=O) groups excluding carboxylic acids is 2. The Morgan fingerprint density at radius 2 is 2.04 bits per heavy atom. The van der Waals surface area contributed by atoms with Crippen LogP contribution in [0.1, 0.15) is 31.1 Å². The first-order valence-corrected chi connectivity index (χ1v) is 9.11. The molecule has 146 valence electrons. The molecule has 0 aliphatic heterocycles. The van der Waals surface area contributed by atoms with Crippen molar-refractivity contribution in [2.75, 3.05) is 13.7 Å². The average molecular weight is 392 g/mol. The molecule has 0 radical (unpaired) electrons. The molecule has 0 bridgehead atoms. The summed E-state index contributed by atoms with van der Waals surface area (Å²) in [7, 11) is 1.51. The van der Waals surface area contributed by atoms with Crippen LogP contribution in [0.25, 0.3) is 10.2 Å². The van der Waals surface area contributed by atoms with Gasteiger partial charge in [0.25, 0.3) is 0 Å². The minimum absolute atomic E-state index is 0.313. The molecule has 2 rings (SSSR count). The number of benzene rings is 1. The number of thiazole rings is 1. The highest BCUT2D eigenvalue weighted by Gasteiger charge is 2.15. The Labute approximate surface area is 161 Å². The van der Waals surface area contributed by atoms with Crippen molar-refractivity contribution >= 4 is 33.6 Å². The van der Waals surface area contributed by atoms with E-state index in [2.05, 4.69) is 5.32 Å². The van der Waals surface area contributed by atoms with Crippen LogP contribution in [0.4, 0.5) is 4.79 Å². The van der Waals surface area contributed by atoms with E-state index in [1.54, 1.807) is 43.5 Å². The minimum Gasteiger partial charge on any atom is -0.494 e. The van der Waals surface area contributed by atoms with Gasteiger partial charge in [-0.2, -0.15) is 0 Å². The second-order valence-electron chi connectivity index (χ2n) is 6.76. The summed E-state index contributed by atoms with van der Waals surface area (Å²) in [6.07, 6.45) is 3.13. The molecule has 1 aromatic heterocycles. The number of primary amides is 1. The number of alkyl carbamates (subject to hydrolysis) is 1. The number of ether oxygens (including phenoxy) is 2. The van der Waals surface area contributed by atoms with Crippen molar-refractivity contribution in [3.63, 3.8) is 0 Å². The van der Waals surface area contributed by atoms with Crippen molar-refractivity contribution in [3.05, 3.63) is 34.6 Å². The summed E-state index contributed by atoms with van der Waals surface area (Å²) in [5.41, 5.74) is 5.87. The lowest BCUT2D eigenvalue weighted by Gasteiger charge is -2.19. The van der Waals surface area contributed by atoms with E-state index in [0.717, 1.165) is 10.2 Å². The van der Waals surface area contributed by atoms with Gasteiger partial charge in [-0.15, -0.1) is 0 Å². The number of nitrogens with one attached hydrogen (secondary N) is 2. The molecular formula is C18H24N4O4S. The molecule has 0 saturated carbocycles. The van der Waals surface area contributed by atoms with Gasteiger partial charge in [0.1, 0.15) is 16.9 Å². The van der Waals surface area contributed by atoms with Gasteiger partial charge in [0.2, 0.25) is 5.91 Å². The number of aromatic nitrogens is 1. The van der Waals surface area contributed by atoms with Gasteiger partial charge >= 0.3 is 6.09 Å². The lowest BCUT2D eigenvalue weighted by molar-refractivity contribution is 0.0534. The van der Waals surface area contributed by atoms with Crippen LogP contribution >= 0.6 is 11.3 Å². The minimum atomic E-state index is -0.546. The number of rotatable bonds is 6. The molecule has 9 heteroatoms. The third-order valence-corrected chi connectivity index (χ3v) is 4.43. The van der Waals surface area contributed by atoms with Crippen LogP contribution in [0, 0.1) is 5.41 Å². The van der Waals surface area contributed by atoms with Crippen LogP contribution in [0.2, 0.25) is 0 Å². The molecule has 2 aromatic rings. The lowest BCUT2D eigenvalue weighted by atomic mass is 10.2. The standard InChI is InChI=1S/C18H24N4O4S/c1-18(2,3)26-17(24)21-7-5-6-8-22-14-12(25-4)9-11(15(19)23)10-13(14)27-16(22)20/h5-6,9-10,20H,7-8H2,1-4H3,(H2,19,23)(H,21,24)/b6-5+,20-16?.